The number of carbonyl (C=O) groups is 1. The Morgan fingerprint density at radius 1 is 1.41 bits per heavy atom. The molecule has 2 rings (SSSR count). The van der Waals surface area contributed by atoms with Crippen molar-refractivity contribution in [2.45, 2.75) is 27.2 Å². The summed E-state index contributed by atoms with van der Waals surface area (Å²) in [7, 11) is 0. The monoisotopic (exact) mass is 232 g/mol. The fourth-order valence-corrected chi connectivity index (χ4v) is 1.90. The van der Waals surface area contributed by atoms with E-state index in [0.29, 0.717) is 6.42 Å². The van der Waals surface area contributed by atoms with Gasteiger partial charge < -0.3 is 9.52 Å². The van der Waals surface area contributed by atoms with E-state index in [4.69, 9.17) is 9.52 Å². The van der Waals surface area contributed by atoms with Crippen LogP contribution >= 0.6 is 0 Å². The average molecular weight is 232 g/mol. The van der Waals surface area contributed by atoms with Crippen LogP contribution in [0.2, 0.25) is 0 Å². The van der Waals surface area contributed by atoms with Gasteiger partial charge in [0.1, 0.15) is 5.58 Å². The van der Waals surface area contributed by atoms with Crippen LogP contribution in [0.3, 0.4) is 0 Å². The van der Waals surface area contributed by atoms with E-state index in [-0.39, 0.29) is 0 Å². The number of carboxylic acids is 1. The van der Waals surface area contributed by atoms with Gasteiger partial charge in [-0.1, -0.05) is 12.1 Å². The van der Waals surface area contributed by atoms with Crippen molar-refractivity contribution in [3.8, 4) is 0 Å². The summed E-state index contributed by atoms with van der Waals surface area (Å²) in [5.74, 6) is -0.784. The zero-order chi connectivity index (χ0) is 12.6. The van der Waals surface area contributed by atoms with Gasteiger partial charge in [0.25, 0.3) is 0 Å². The molecule has 1 aromatic carbocycles. The van der Waals surface area contributed by atoms with Gasteiger partial charge in [-0.15, -0.1) is 0 Å². The van der Waals surface area contributed by atoms with Crippen molar-refractivity contribution >= 4 is 16.9 Å². The molecule has 2 aromatic rings. The molecule has 0 atom stereocenters. The van der Waals surface area contributed by atoms with Crippen LogP contribution in [0.4, 0.5) is 0 Å². The van der Waals surface area contributed by atoms with E-state index < -0.39 is 11.4 Å². The van der Waals surface area contributed by atoms with Crippen molar-refractivity contribution in [1.82, 2.24) is 0 Å². The fraction of sp³-hybridized carbons (Fsp3) is 0.357. The summed E-state index contributed by atoms with van der Waals surface area (Å²) in [6.07, 6.45) is 2.22. The average Bonchev–Trinajstić information content (AvgIpc) is 2.59. The van der Waals surface area contributed by atoms with Gasteiger partial charge in [0.2, 0.25) is 0 Å². The third-order valence-corrected chi connectivity index (χ3v) is 3.06. The molecule has 1 N–H and O–H groups in total. The zero-order valence-corrected chi connectivity index (χ0v) is 10.3. The Morgan fingerprint density at radius 3 is 2.76 bits per heavy atom. The van der Waals surface area contributed by atoms with Crippen LogP contribution in [0.15, 0.2) is 28.9 Å². The van der Waals surface area contributed by atoms with Crippen molar-refractivity contribution in [3.05, 3.63) is 35.6 Å². The molecular weight excluding hydrogens is 216 g/mol. The first-order valence-electron chi connectivity index (χ1n) is 5.60. The minimum atomic E-state index is -0.784. The SMILES string of the molecule is Cc1coc2cc(CC(C)(C)C(=O)O)ccc12. The van der Waals surface area contributed by atoms with Crippen molar-refractivity contribution in [2.75, 3.05) is 0 Å². The van der Waals surface area contributed by atoms with Crippen LogP contribution in [-0.4, -0.2) is 11.1 Å². The van der Waals surface area contributed by atoms with Crippen molar-refractivity contribution in [1.29, 1.82) is 0 Å². The molecule has 17 heavy (non-hydrogen) atoms. The first-order chi connectivity index (χ1) is 7.90. The number of aryl methyl sites for hydroxylation is 1. The fourth-order valence-electron chi connectivity index (χ4n) is 1.90. The molecule has 0 fully saturated rings. The highest BCUT2D eigenvalue weighted by molar-refractivity contribution is 5.81. The van der Waals surface area contributed by atoms with Gasteiger partial charge in [0, 0.05) is 5.39 Å². The Bertz CT molecular complexity index is 564. The number of benzene rings is 1. The van der Waals surface area contributed by atoms with Crippen LogP contribution in [0.5, 0.6) is 0 Å². The summed E-state index contributed by atoms with van der Waals surface area (Å²) in [5.41, 5.74) is 2.15. The lowest BCUT2D eigenvalue weighted by atomic mass is 9.86. The van der Waals surface area contributed by atoms with Crippen molar-refractivity contribution in [2.24, 2.45) is 5.41 Å². The summed E-state index contributed by atoms with van der Waals surface area (Å²) in [6.45, 7) is 5.45. The van der Waals surface area contributed by atoms with E-state index in [1.54, 1.807) is 20.1 Å². The first kappa shape index (κ1) is 11.7. The minimum absolute atomic E-state index is 0.498. The number of aliphatic carboxylic acids is 1. The van der Waals surface area contributed by atoms with Crippen molar-refractivity contribution < 1.29 is 14.3 Å². The van der Waals surface area contributed by atoms with Gasteiger partial charge in [-0.2, -0.15) is 0 Å². The Balaban J connectivity index is 2.34. The highest BCUT2D eigenvalue weighted by Crippen LogP contribution is 2.26. The molecule has 90 valence electrons. The normalized spacial score (nSPS) is 11.9. The predicted octanol–water partition coefficient (Wildman–Crippen LogP) is 3.39. The van der Waals surface area contributed by atoms with Gasteiger partial charge in [0.05, 0.1) is 11.7 Å². The molecule has 1 aromatic heterocycles. The second kappa shape index (κ2) is 3.91. The molecule has 3 heteroatoms. The number of carboxylic acid groups (broad SMARTS) is 1. The van der Waals surface area contributed by atoms with Crippen molar-refractivity contribution in [3.63, 3.8) is 0 Å². The van der Waals surface area contributed by atoms with Crippen LogP contribution in [-0.2, 0) is 11.2 Å². The molecule has 1 heterocycles. The molecule has 3 nitrogen and oxygen atoms in total. The van der Waals surface area contributed by atoms with E-state index in [1.807, 2.05) is 25.1 Å². The third-order valence-electron chi connectivity index (χ3n) is 3.06. The zero-order valence-electron chi connectivity index (χ0n) is 10.3. The number of fused-ring (bicyclic) bond motifs is 1. The Hall–Kier alpha value is -1.77. The largest absolute Gasteiger partial charge is 0.481 e. The summed E-state index contributed by atoms with van der Waals surface area (Å²) >= 11 is 0. The lowest BCUT2D eigenvalue weighted by molar-refractivity contribution is -0.146. The molecule has 0 radical (unpaired) electrons. The van der Waals surface area contributed by atoms with Gasteiger partial charge in [-0.05, 0) is 44.4 Å². The number of furan rings is 1. The first-order valence-corrected chi connectivity index (χ1v) is 5.60. The second-order valence-electron chi connectivity index (χ2n) is 5.12. The van der Waals surface area contributed by atoms with Gasteiger partial charge in [0.15, 0.2) is 0 Å². The van der Waals surface area contributed by atoms with Crippen LogP contribution in [0.25, 0.3) is 11.0 Å². The molecule has 0 aliphatic carbocycles. The highest BCUT2D eigenvalue weighted by atomic mass is 16.4. The molecule has 0 aliphatic rings. The third kappa shape index (κ3) is 2.18. The highest BCUT2D eigenvalue weighted by Gasteiger charge is 2.27. The van der Waals surface area contributed by atoms with Gasteiger partial charge in [-0.25, -0.2) is 0 Å². The molecule has 0 spiro atoms. The van der Waals surface area contributed by atoms with Crippen LogP contribution < -0.4 is 0 Å². The standard InChI is InChI=1S/C14H16O3/c1-9-8-17-12-6-10(4-5-11(9)12)7-14(2,3)13(15)16/h4-6,8H,7H2,1-3H3,(H,15,16). The second-order valence-corrected chi connectivity index (χ2v) is 5.12. The van der Waals surface area contributed by atoms with Gasteiger partial charge >= 0.3 is 5.97 Å². The summed E-state index contributed by atoms with van der Waals surface area (Å²) in [6, 6.07) is 5.88. The Morgan fingerprint density at radius 2 is 2.12 bits per heavy atom. The lowest BCUT2D eigenvalue weighted by Crippen LogP contribution is -2.26. The maximum absolute atomic E-state index is 11.1. The maximum atomic E-state index is 11.1. The lowest BCUT2D eigenvalue weighted by Gasteiger charge is -2.18. The van der Waals surface area contributed by atoms with Crippen LogP contribution in [0.1, 0.15) is 25.0 Å². The smallest absolute Gasteiger partial charge is 0.309 e. The van der Waals surface area contributed by atoms with Crippen LogP contribution in [0, 0.1) is 12.3 Å². The Labute approximate surface area is 100 Å². The van der Waals surface area contributed by atoms with Gasteiger partial charge in [-0.3, -0.25) is 4.79 Å². The Kier molecular flexibility index (Phi) is 2.69. The number of rotatable bonds is 3. The quantitative estimate of drug-likeness (QED) is 0.882. The molecule has 0 amide bonds. The maximum Gasteiger partial charge on any atom is 0.309 e. The van der Waals surface area contributed by atoms with E-state index >= 15 is 0 Å². The molecular formula is C14H16O3. The topological polar surface area (TPSA) is 50.4 Å². The molecule has 0 unspecified atom stereocenters. The minimum Gasteiger partial charge on any atom is -0.481 e. The van der Waals surface area contributed by atoms with E-state index in [0.717, 1.165) is 22.1 Å². The summed E-state index contributed by atoms with van der Waals surface area (Å²) < 4.78 is 5.42. The molecule has 0 bridgehead atoms. The van der Waals surface area contributed by atoms with E-state index in [1.165, 1.54) is 0 Å². The molecule has 0 saturated carbocycles. The predicted molar refractivity (Wildman–Crippen MR) is 66.1 cm³/mol. The number of hydrogen-bond donors (Lipinski definition) is 1. The summed E-state index contributed by atoms with van der Waals surface area (Å²) in [5, 5.41) is 10.2. The molecule has 0 aliphatic heterocycles. The van der Waals surface area contributed by atoms with E-state index in [9.17, 15) is 4.79 Å². The number of hydrogen-bond acceptors (Lipinski definition) is 2. The molecule has 0 saturated heterocycles. The summed E-state index contributed by atoms with van der Waals surface area (Å²) in [4.78, 5) is 11.1. The van der Waals surface area contributed by atoms with E-state index in [2.05, 4.69) is 0 Å².